The Bertz CT molecular complexity index is 1380. The lowest BCUT2D eigenvalue weighted by Crippen LogP contribution is -2.12. The van der Waals surface area contributed by atoms with Crippen LogP contribution >= 0.6 is 12.4 Å². The molecule has 12 heteroatoms. The summed E-state index contributed by atoms with van der Waals surface area (Å²) < 4.78 is 67.6. The highest BCUT2D eigenvalue weighted by atomic mass is 35.5. The van der Waals surface area contributed by atoms with Crippen LogP contribution in [0.25, 0.3) is 10.9 Å². The van der Waals surface area contributed by atoms with Gasteiger partial charge in [0, 0.05) is 48.6 Å². The van der Waals surface area contributed by atoms with Crippen LogP contribution < -0.4 is 10.6 Å². The molecule has 3 heterocycles. The summed E-state index contributed by atoms with van der Waals surface area (Å²) in [6, 6.07) is 8.94. The minimum Gasteiger partial charge on any atom is -0.355 e. The molecule has 0 radical (unpaired) electrons. The summed E-state index contributed by atoms with van der Waals surface area (Å²) in [4.78, 5) is 7.43. The Balaban J connectivity index is 0.00000306. The molecule has 2 N–H and O–H groups in total. The second kappa shape index (κ2) is 9.38. The molecule has 33 heavy (non-hydrogen) atoms. The molecular weight excluding hydrogens is 479 g/mol. The number of pyridine rings is 2. The highest BCUT2D eigenvalue weighted by Crippen LogP contribution is 2.36. The average molecular weight is 498 g/mol. The number of anilines is 2. The van der Waals surface area contributed by atoms with Crippen molar-refractivity contribution in [3.63, 3.8) is 0 Å². The quantitative estimate of drug-likeness (QED) is 0.405. The summed E-state index contributed by atoms with van der Waals surface area (Å²) in [6.07, 6.45) is 1.60. The van der Waals surface area contributed by atoms with Crippen molar-refractivity contribution < 1.29 is 21.6 Å². The van der Waals surface area contributed by atoms with E-state index < -0.39 is 21.8 Å². The Morgan fingerprint density at radius 3 is 2.48 bits per heavy atom. The Labute approximate surface area is 194 Å². The van der Waals surface area contributed by atoms with Crippen LogP contribution in [0.1, 0.15) is 11.1 Å². The molecule has 0 saturated carbocycles. The van der Waals surface area contributed by atoms with Gasteiger partial charge in [-0.2, -0.15) is 13.2 Å². The van der Waals surface area contributed by atoms with Crippen molar-refractivity contribution >= 4 is 44.7 Å². The van der Waals surface area contributed by atoms with E-state index in [2.05, 4.69) is 20.6 Å². The van der Waals surface area contributed by atoms with E-state index in [-0.39, 0.29) is 23.0 Å². The lowest BCUT2D eigenvalue weighted by molar-refractivity contribution is -0.137. The van der Waals surface area contributed by atoms with Crippen molar-refractivity contribution in [2.45, 2.75) is 17.6 Å². The SMILES string of the molecule is CNCc1cn(S(=O)(=O)c2cccnc2)c2cc(Nc3ccncc3C(F)(F)F)ccc12.Cl. The number of halogens is 4. The Kier molecular flexibility index (Phi) is 6.96. The molecule has 0 aliphatic heterocycles. The largest absolute Gasteiger partial charge is 0.419 e. The molecule has 0 aliphatic carbocycles. The van der Waals surface area contributed by atoms with Crippen molar-refractivity contribution in [3.8, 4) is 0 Å². The van der Waals surface area contributed by atoms with Gasteiger partial charge in [0.25, 0.3) is 10.0 Å². The van der Waals surface area contributed by atoms with E-state index >= 15 is 0 Å². The first-order valence-electron chi connectivity index (χ1n) is 9.44. The van der Waals surface area contributed by atoms with Gasteiger partial charge in [0.15, 0.2) is 0 Å². The fourth-order valence-corrected chi connectivity index (χ4v) is 4.72. The van der Waals surface area contributed by atoms with E-state index in [1.54, 1.807) is 19.2 Å². The molecule has 0 amide bonds. The second-order valence-electron chi connectivity index (χ2n) is 6.95. The van der Waals surface area contributed by atoms with Crippen LogP contribution in [0.4, 0.5) is 24.5 Å². The van der Waals surface area contributed by atoms with Crippen LogP contribution in [-0.2, 0) is 22.7 Å². The number of fused-ring (bicyclic) bond motifs is 1. The smallest absolute Gasteiger partial charge is 0.355 e. The molecule has 7 nitrogen and oxygen atoms in total. The number of aromatic nitrogens is 3. The van der Waals surface area contributed by atoms with Gasteiger partial charge in [-0.3, -0.25) is 9.97 Å². The number of hydrogen-bond acceptors (Lipinski definition) is 6. The van der Waals surface area contributed by atoms with Crippen molar-refractivity contribution in [2.75, 3.05) is 12.4 Å². The Morgan fingerprint density at radius 2 is 1.82 bits per heavy atom. The number of benzene rings is 1. The fraction of sp³-hybridized carbons (Fsp3) is 0.143. The van der Waals surface area contributed by atoms with E-state index in [0.717, 1.165) is 15.7 Å². The molecule has 0 aliphatic rings. The van der Waals surface area contributed by atoms with Gasteiger partial charge < -0.3 is 10.6 Å². The number of hydrogen-bond donors (Lipinski definition) is 2. The lowest BCUT2D eigenvalue weighted by Gasteiger charge is -2.14. The zero-order valence-corrected chi connectivity index (χ0v) is 18.8. The van der Waals surface area contributed by atoms with E-state index in [4.69, 9.17) is 0 Å². The zero-order chi connectivity index (χ0) is 22.9. The minimum atomic E-state index is -4.59. The third-order valence-electron chi connectivity index (χ3n) is 4.82. The highest BCUT2D eigenvalue weighted by molar-refractivity contribution is 7.90. The maximum Gasteiger partial charge on any atom is 0.419 e. The average Bonchev–Trinajstić information content (AvgIpc) is 3.13. The molecule has 174 valence electrons. The van der Waals surface area contributed by atoms with Crippen molar-refractivity contribution in [1.82, 2.24) is 19.3 Å². The van der Waals surface area contributed by atoms with Crippen LogP contribution in [0.3, 0.4) is 0 Å². The Morgan fingerprint density at radius 1 is 1.06 bits per heavy atom. The predicted molar refractivity (Wildman–Crippen MR) is 121 cm³/mol. The molecule has 0 saturated heterocycles. The first kappa shape index (κ1) is 24.5. The molecule has 3 aromatic heterocycles. The molecule has 0 bridgehead atoms. The van der Waals surface area contributed by atoms with Gasteiger partial charge in [-0.05, 0) is 42.9 Å². The molecule has 1 aromatic carbocycles. The minimum absolute atomic E-state index is 0. The number of nitrogens with one attached hydrogen (secondary N) is 2. The first-order valence-corrected chi connectivity index (χ1v) is 10.9. The van der Waals surface area contributed by atoms with Gasteiger partial charge in [-0.1, -0.05) is 6.07 Å². The van der Waals surface area contributed by atoms with Crippen molar-refractivity contribution in [1.29, 1.82) is 0 Å². The second-order valence-corrected chi connectivity index (χ2v) is 8.77. The standard InChI is InChI=1S/C21H18F3N5O2S.ClH/c1-25-10-14-13-29(32(30,31)16-3-2-7-26-11-16)20-9-15(4-5-17(14)20)28-19-6-8-27-12-18(19)21(22,23)24;/h2-9,11-13,25H,10H2,1H3,(H,27,28);1H. The van der Waals surface area contributed by atoms with E-state index in [0.29, 0.717) is 23.1 Å². The number of rotatable bonds is 6. The molecule has 0 spiro atoms. The third kappa shape index (κ3) is 4.80. The van der Waals surface area contributed by atoms with Gasteiger partial charge in [-0.15, -0.1) is 12.4 Å². The monoisotopic (exact) mass is 497 g/mol. The van der Waals surface area contributed by atoms with Crippen LogP contribution in [0.5, 0.6) is 0 Å². The first-order chi connectivity index (χ1) is 15.2. The molecule has 0 fully saturated rings. The highest BCUT2D eigenvalue weighted by Gasteiger charge is 2.34. The maximum absolute atomic E-state index is 13.3. The van der Waals surface area contributed by atoms with Crippen LogP contribution in [0.15, 0.2) is 72.3 Å². The molecule has 4 rings (SSSR count). The fourth-order valence-electron chi connectivity index (χ4n) is 3.37. The van der Waals surface area contributed by atoms with Crippen molar-refractivity contribution in [2.24, 2.45) is 0 Å². The predicted octanol–water partition coefficient (Wildman–Crippen LogP) is 4.57. The molecular formula is C21H19ClF3N5O2S. The van der Waals surface area contributed by atoms with E-state index in [1.165, 1.54) is 49.1 Å². The maximum atomic E-state index is 13.3. The summed E-state index contributed by atoms with van der Waals surface area (Å²) in [5.41, 5.74) is 0.240. The van der Waals surface area contributed by atoms with E-state index in [1.807, 2.05) is 0 Å². The summed E-state index contributed by atoms with van der Waals surface area (Å²) >= 11 is 0. The molecule has 0 unspecified atom stereocenters. The van der Waals surface area contributed by atoms with Crippen LogP contribution in [-0.4, -0.2) is 29.4 Å². The van der Waals surface area contributed by atoms with Gasteiger partial charge in [0.1, 0.15) is 4.90 Å². The van der Waals surface area contributed by atoms with Gasteiger partial charge in [0.2, 0.25) is 0 Å². The summed E-state index contributed by atoms with van der Waals surface area (Å²) in [5.74, 6) is 0. The summed E-state index contributed by atoms with van der Waals surface area (Å²) in [6.45, 7) is 0.404. The summed E-state index contributed by atoms with van der Waals surface area (Å²) in [7, 11) is -2.24. The van der Waals surface area contributed by atoms with Gasteiger partial charge in [0.05, 0.1) is 16.8 Å². The molecule has 0 atom stereocenters. The topological polar surface area (TPSA) is 88.9 Å². The number of nitrogens with zero attached hydrogens (tertiary/aromatic N) is 3. The third-order valence-corrected chi connectivity index (χ3v) is 6.48. The van der Waals surface area contributed by atoms with Crippen LogP contribution in [0, 0.1) is 0 Å². The number of alkyl halides is 3. The zero-order valence-electron chi connectivity index (χ0n) is 17.2. The lowest BCUT2D eigenvalue weighted by atomic mass is 10.1. The van der Waals surface area contributed by atoms with Gasteiger partial charge >= 0.3 is 6.18 Å². The van der Waals surface area contributed by atoms with Crippen LogP contribution in [0.2, 0.25) is 0 Å². The molecule has 4 aromatic rings. The summed E-state index contributed by atoms with van der Waals surface area (Å²) in [5, 5.41) is 6.38. The normalized spacial score (nSPS) is 11.9. The van der Waals surface area contributed by atoms with E-state index in [9.17, 15) is 21.6 Å². The Hall–Kier alpha value is -3.15. The van der Waals surface area contributed by atoms with Crippen molar-refractivity contribution in [3.05, 3.63) is 78.5 Å². The van der Waals surface area contributed by atoms with Gasteiger partial charge in [-0.25, -0.2) is 12.4 Å².